The minimum atomic E-state index is -0.232. The van der Waals surface area contributed by atoms with Gasteiger partial charge in [-0.2, -0.15) is 0 Å². The van der Waals surface area contributed by atoms with E-state index in [1.165, 1.54) is 12.8 Å². The number of nitrogens with one attached hydrogen (secondary N) is 1. The molecule has 1 heterocycles. The average Bonchev–Trinajstić information content (AvgIpc) is 2.47. The zero-order valence-corrected chi connectivity index (χ0v) is 13.0. The summed E-state index contributed by atoms with van der Waals surface area (Å²) in [7, 11) is 0. The summed E-state index contributed by atoms with van der Waals surface area (Å²) < 4.78 is 0. The van der Waals surface area contributed by atoms with Crippen molar-refractivity contribution in [1.82, 2.24) is 5.32 Å². The Balaban J connectivity index is 2.12. The Bertz CT molecular complexity index is 408. The van der Waals surface area contributed by atoms with Crippen molar-refractivity contribution in [2.75, 3.05) is 0 Å². The van der Waals surface area contributed by atoms with Gasteiger partial charge in [-0.3, -0.25) is 0 Å². The zero-order valence-electron chi connectivity index (χ0n) is 13.0. The zero-order chi connectivity index (χ0) is 15.1. The first-order valence-corrected chi connectivity index (χ1v) is 8.24. The third kappa shape index (κ3) is 3.96. The van der Waals surface area contributed by atoms with Crippen molar-refractivity contribution >= 4 is 0 Å². The van der Waals surface area contributed by atoms with Gasteiger partial charge in [0.15, 0.2) is 0 Å². The smallest absolute Gasteiger partial charge is 0.0620 e. The Morgan fingerprint density at radius 1 is 1.10 bits per heavy atom. The van der Waals surface area contributed by atoms with Gasteiger partial charge >= 0.3 is 0 Å². The molecule has 0 aromatic carbocycles. The standard InChI is InChI=1S/C19H29NO/c1-3-5-7-10-16-11-8-14-19(20-16)15-9-13-18(21)17(19)12-6-4-2/h3-7,12,16-18,20-21H,1-2,8-11,13-15H2/b7-5+,12-6+/t16-,17-,18+,19-/m1/s1. The van der Waals surface area contributed by atoms with E-state index in [1.807, 2.05) is 24.3 Å². The molecule has 21 heavy (non-hydrogen) atoms. The minimum absolute atomic E-state index is 0.0715. The van der Waals surface area contributed by atoms with Crippen molar-refractivity contribution in [1.29, 1.82) is 0 Å². The predicted molar refractivity (Wildman–Crippen MR) is 90.1 cm³/mol. The van der Waals surface area contributed by atoms with E-state index in [0.29, 0.717) is 6.04 Å². The third-order valence-corrected chi connectivity index (χ3v) is 4.99. The molecule has 1 saturated heterocycles. The highest BCUT2D eigenvalue weighted by Crippen LogP contribution is 2.41. The summed E-state index contributed by atoms with van der Waals surface area (Å²) in [5.41, 5.74) is 0.0715. The first kappa shape index (κ1) is 16.3. The Kier molecular flexibility index (Phi) is 6.01. The van der Waals surface area contributed by atoms with E-state index in [9.17, 15) is 5.11 Å². The molecule has 2 fully saturated rings. The molecule has 4 atom stereocenters. The molecule has 1 spiro atoms. The quantitative estimate of drug-likeness (QED) is 0.752. The van der Waals surface area contributed by atoms with Crippen molar-refractivity contribution in [3.8, 4) is 0 Å². The summed E-state index contributed by atoms with van der Waals surface area (Å²) in [5.74, 6) is 0.204. The Morgan fingerprint density at radius 3 is 2.52 bits per heavy atom. The number of aliphatic hydroxyl groups excluding tert-OH is 1. The minimum Gasteiger partial charge on any atom is -0.392 e. The van der Waals surface area contributed by atoms with E-state index < -0.39 is 0 Å². The van der Waals surface area contributed by atoms with Gasteiger partial charge in [-0.25, -0.2) is 0 Å². The third-order valence-electron chi connectivity index (χ3n) is 4.99. The summed E-state index contributed by atoms with van der Waals surface area (Å²) in [6, 6.07) is 0.514. The van der Waals surface area contributed by atoms with Crippen LogP contribution in [0.1, 0.15) is 44.9 Å². The second-order valence-corrected chi connectivity index (χ2v) is 6.40. The van der Waals surface area contributed by atoms with Crippen LogP contribution in [-0.2, 0) is 0 Å². The van der Waals surface area contributed by atoms with Gasteiger partial charge in [0.1, 0.15) is 0 Å². The molecule has 0 bridgehead atoms. The van der Waals surface area contributed by atoms with Crippen molar-refractivity contribution < 1.29 is 5.11 Å². The molecule has 0 aromatic heterocycles. The van der Waals surface area contributed by atoms with E-state index in [0.717, 1.165) is 32.1 Å². The van der Waals surface area contributed by atoms with Crippen LogP contribution in [0.15, 0.2) is 49.6 Å². The average molecular weight is 287 g/mol. The molecule has 2 heteroatoms. The molecule has 2 nitrogen and oxygen atoms in total. The monoisotopic (exact) mass is 287 g/mol. The van der Waals surface area contributed by atoms with Gasteiger partial charge < -0.3 is 10.4 Å². The molecule has 0 aromatic rings. The summed E-state index contributed by atoms with van der Waals surface area (Å²) in [5, 5.41) is 14.3. The number of aliphatic hydroxyl groups is 1. The van der Waals surface area contributed by atoms with E-state index in [-0.39, 0.29) is 17.6 Å². The number of rotatable bonds is 5. The van der Waals surface area contributed by atoms with Gasteiger partial charge in [0.2, 0.25) is 0 Å². The molecule has 1 aliphatic heterocycles. The van der Waals surface area contributed by atoms with Crippen LogP contribution in [-0.4, -0.2) is 22.8 Å². The van der Waals surface area contributed by atoms with Crippen LogP contribution in [0.2, 0.25) is 0 Å². The van der Waals surface area contributed by atoms with E-state index in [1.54, 1.807) is 0 Å². The van der Waals surface area contributed by atoms with Gasteiger partial charge in [-0.15, -0.1) is 0 Å². The van der Waals surface area contributed by atoms with Gasteiger partial charge in [-0.05, 0) is 38.5 Å². The fraction of sp³-hybridized carbons (Fsp3) is 0.579. The van der Waals surface area contributed by atoms with Crippen molar-refractivity contribution in [2.24, 2.45) is 5.92 Å². The van der Waals surface area contributed by atoms with Gasteiger partial charge in [0.25, 0.3) is 0 Å². The van der Waals surface area contributed by atoms with Crippen LogP contribution < -0.4 is 5.32 Å². The van der Waals surface area contributed by atoms with Gasteiger partial charge in [-0.1, -0.05) is 56.0 Å². The first-order valence-electron chi connectivity index (χ1n) is 8.24. The largest absolute Gasteiger partial charge is 0.392 e. The maximum atomic E-state index is 10.5. The molecule has 0 amide bonds. The lowest BCUT2D eigenvalue weighted by atomic mass is 9.66. The molecule has 2 N–H and O–H groups in total. The van der Waals surface area contributed by atoms with Crippen LogP contribution in [0.5, 0.6) is 0 Å². The SMILES string of the molecule is C=C/C=C/C[C@@H]1CCC[C@]2(CCC[C@H](O)[C@H]2/C=C/C=C)N1. The van der Waals surface area contributed by atoms with Gasteiger partial charge in [0, 0.05) is 17.5 Å². The maximum absolute atomic E-state index is 10.5. The normalized spacial score (nSPS) is 37.3. The van der Waals surface area contributed by atoms with E-state index in [4.69, 9.17) is 0 Å². The Hall–Kier alpha value is -1.12. The van der Waals surface area contributed by atoms with Crippen LogP contribution in [0, 0.1) is 5.92 Å². The maximum Gasteiger partial charge on any atom is 0.0620 e. The molecular weight excluding hydrogens is 258 g/mol. The molecule has 1 saturated carbocycles. The number of hydrogen-bond acceptors (Lipinski definition) is 2. The highest BCUT2D eigenvalue weighted by Gasteiger charge is 2.45. The molecule has 2 rings (SSSR count). The highest BCUT2D eigenvalue weighted by atomic mass is 16.3. The fourth-order valence-electron chi connectivity index (χ4n) is 4.04. The summed E-state index contributed by atoms with van der Waals surface area (Å²) >= 11 is 0. The molecular formula is C19H29NO. The molecule has 116 valence electrons. The van der Waals surface area contributed by atoms with Gasteiger partial charge in [0.05, 0.1) is 6.10 Å². The number of hydrogen-bond donors (Lipinski definition) is 2. The first-order chi connectivity index (χ1) is 10.2. The number of piperidine rings is 1. The summed E-state index contributed by atoms with van der Waals surface area (Å²) in [4.78, 5) is 0. The van der Waals surface area contributed by atoms with E-state index >= 15 is 0 Å². The van der Waals surface area contributed by atoms with Crippen molar-refractivity contribution in [3.05, 3.63) is 49.6 Å². The molecule has 1 aliphatic carbocycles. The lowest BCUT2D eigenvalue weighted by Crippen LogP contribution is -2.61. The highest BCUT2D eigenvalue weighted by molar-refractivity contribution is 5.14. The molecule has 2 aliphatic rings. The Morgan fingerprint density at radius 2 is 1.81 bits per heavy atom. The topological polar surface area (TPSA) is 32.3 Å². The summed E-state index contributed by atoms with van der Waals surface area (Å²) in [6.45, 7) is 7.48. The van der Waals surface area contributed by atoms with Crippen LogP contribution in [0.25, 0.3) is 0 Å². The van der Waals surface area contributed by atoms with Crippen LogP contribution in [0.4, 0.5) is 0 Å². The molecule has 0 unspecified atom stereocenters. The number of allylic oxidation sites excluding steroid dienone is 4. The second-order valence-electron chi connectivity index (χ2n) is 6.40. The summed E-state index contributed by atoms with van der Waals surface area (Å²) in [6.07, 6.45) is 19.6. The molecule has 0 radical (unpaired) electrons. The van der Waals surface area contributed by atoms with Crippen molar-refractivity contribution in [2.45, 2.75) is 62.6 Å². The Labute approximate surface area is 129 Å². The lowest BCUT2D eigenvalue weighted by Gasteiger charge is -2.51. The van der Waals surface area contributed by atoms with Crippen LogP contribution in [0.3, 0.4) is 0 Å². The van der Waals surface area contributed by atoms with Crippen LogP contribution >= 0.6 is 0 Å². The predicted octanol–water partition coefficient (Wildman–Crippen LogP) is 3.90. The second kappa shape index (κ2) is 7.77. The van der Waals surface area contributed by atoms with Crippen molar-refractivity contribution in [3.63, 3.8) is 0 Å². The fourth-order valence-corrected chi connectivity index (χ4v) is 4.04. The van der Waals surface area contributed by atoms with E-state index in [2.05, 4.69) is 30.6 Å². The lowest BCUT2D eigenvalue weighted by molar-refractivity contribution is 0.00392.